The number of ether oxygens (including phenoxy) is 1. The maximum atomic E-state index is 11.6. The van der Waals surface area contributed by atoms with Gasteiger partial charge in [-0.3, -0.25) is 0 Å². The number of carbonyl (C=O) groups excluding carboxylic acids is 1. The number of anilines is 1. The van der Waals surface area contributed by atoms with Crippen LogP contribution in [0.2, 0.25) is 0 Å². The average molecular weight is 280 g/mol. The number of nitrogen functional groups attached to an aromatic ring is 1. The molecule has 0 amide bonds. The van der Waals surface area contributed by atoms with E-state index in [1.807, 2.05) is 11.5 Å². The molecule has 2 rings (SSSR count). The van der Waals surface area contributed by atoms with Crippen LogP contribution in [0.15, 0.2) is 0 Å². The van der Waals surface area contributed by atoms with Crippen molar-refractivity contribution in [2.24, 2.45) is 0 Å². The summed E-state index contributed by atoms with van der Waals surface area (Å²) in [6.07, 6.45) is 4.39. The van der Waals surface area contributed by atoms with Crippen molar-refractivity contribution in [2.45, 2.75) is 39.2 Å². The molecule has 1 aromatic heterocycles. The van der Waals surface area contributed by atoms with Crippen LogP contribution < -0.4 is 5.73 Å². The highest BCUT2D eigenvalue weighted by molar-refractivity contribution is 5.92. The average Bonchev–Trinajstić information content (AvgIpc) is 3.07. The molecule has 0 bridgehead atoms. The first-order chi connectivity index (χ1) is 9.67. The van der Waals surface area contributed by atoms with Crippen molar-refractivity contribution >= 4 is 11.8 Å². The van der Waals surface area contributed by atoms with Gasteiger partial charge in [-0.05, 0) is 38.9 Å². The van der Waals surface area contributed by atoms with Gasteiger partial charge in [-0.25, -0.2) is 9.78 Å². The third-order valence-electron chi connectivity index (χ3n) is 3.84. The fraction of sp³-hybridized carbons (Fsp3) is 0.714. The van der Waals surface area contributed by atoms with E-state index in [0.29, 0.717) is 5.82 Å². The molecule has 1 fully saturated rings. The second kappa shape index (κ2) is 6.74. The van der Waals surface area contributed by atoms with Crippen molar-refractivity contribution < 1.29 is 9.53 Å². The summed E-state index contributed by atoms with van der Waals surface area (Å²) in [6, 6.07) is 0. The fourth-order valence-corrected chi connectivity index (χ4v) is 2.74. The van der Waals surface area contributed by atoms with E-state index in [1.165, 1.54) is 33.0 Å². The van der Waals surface area contributed by atoms with Crippen LogP contribution in [0.4, 0.5) is 5.82 Å². The number of nitrogens with zero attached hydrogens (tertiary/aromatic N) is 3. The summed E-state index contributed by atoms with van der Waals surface area (Å²) in [5.74, 6) is 0.815. The maximum absolute atomic E-state index is 11.6. The van der Waals surface area contributed by atoms with Crippen molar-refractivity contribution in [3.8, 4) is 0 Å². The van der Waals surface area contributed by atoms with Gasteiger partial charge in [0.2, 0.25) is 0 Å². The normalized spacial score (nSPS) is 15.7. The van der Waals surface area contributed by atoms with Crippen LogP contribution in [0, 0.1) is 0 Å². The predicted octanol–water partition coefficient (Wildman–Crippen LogP) is 1.30. The molecule has 0 unspecified atom stereocenters. The van der Waals surface area contributed by atoms with E-state index >= 15 is 0 Å². The molecule has 2 N–H and O–H groups in total. The lowest BCUT2D eigenvalue weighted by Gasteiger charge is -2.15. The van der Waals surface area contributed by atoms with Crippen LogP contribution >= 0.6 is 0 Å². The largest absolute Gasteiger partial charge is 0.464 e. The second-order valence-electron chi connectivity index (χ2n) is 5.16. The van der Waals surface area contributed by atoms with Crippen LogP contribution in [0.25, 0.3) is 0 Å². The van der Waals surface area contributed by atoms with Gasteiger partial charge in [0.1, 0.15) is 11.6 Å². The van der Waals surface area contributed by atoms with Gasteiger partial charge in [-0.15, -0.1) is 0 Å². The standard InChI is InChI=1S/C14H24N4O2/c1-3-11-16-12(14(19)20-2)13(15)18(11)10-6-9-17-7-4-5-8-17/h3-10,15H2,1-2H3. The molecule has 0 spiro atoms. The Morgan fingerprint density at radius 3 is 2.65 bits per heavy atom. The minimum atomic E-state index is -0.463. The van der Waals surface area contributed by atoms with Gasteiger partial charge in [0.05, 0.1) is 7.11 Å². The minimum Gasteiger partial charge on any atom is -0.464 e. The first kappa shape index (κ1) is 14.8. The van der Waals surface area contributed by atoms with Crippen molar-refractivity contribution in [1.29, 1.82) is 0 Å². The summed E-state index contributed by atoms with van der Waals surface area (Å²) in [5.41, 5.74) is 6.28. The van der Waals surface area contributed by atoms with Gasteiger partial charge in [-0.2, -0.15) is 0 Å². The molecule has 0 radical (unpaired) electrons. The Hall–Kier alpha value is -1.56. The highest BCUT2D eigenvalue weighted by Crippen LogP contribution is 2.17. The van der Waals surface area contributed by atoms with Crippen molar-refractivity contribution in [3.05, 3.63) is 11.5 Å². The van der Waals surface area contributed by atoms with Crippen molar-refractivity contribution in [2.75, 3.05) is 32.5 Å². The van der Waals surface area contributed by atoms with Gasteiger partial charge in [0.25, 0.3) is 0 Å². The summed E-state index contributed by atoms with van der Waals surface area (Å²) in [4.78, 5) is 18.4. The van der Waals surface area contributed by atoms with Crippen LogP contribution in [-0.2, 0) is 17.7 Å². The van der Waals surface area contributed by atoms with E-state index in [-0.39, 0.29) is 5.69 Å². The number of aromatic nitrogens is 2. The van der Waals surface area contributed by atoms with E-state index < -0.39 is 5.97 Å². The SMILES string of the molecule is CCc1nc(C(=O)OC)c(N)n1CCCN1CCCC1. The molecule has 6 nitrogen and oxygen atoms in total. The number of aryl methyl sites for hydroxylation is 1. The van der Waals surface area contributed by atoms with Crippen LogP contribution in [0.1, 0.15) is 42.5 Å². The Labute approximate surface area is 119 Å². The predicted molar refractivity (Wildman–Crippen MR) is 77.6 cm³/mol. The zero-order valence-corrected chi connectivity index (χ0v) is 12.4. The molecular formula is C14H24N4O2. The maximum Gasteiger partial charge on any atom is 0.360 e. The fourth-order valence-electron chi connectivity index (χ4n) is 2.74. The number of imidazole rings is 1. The van der Waals surface area contributed by atoms with Gasteiger partial charge >= 0.3 is 5.97 Å². The first-order valence-electron chi connectivity index (χ1n) is 7.33. The highest BCUT2D eigenvalue weighted by Gasteiger charge is 2.20. The number of likely N-dealkylation sites (tertiary alicyclic amines) is 1. The molecule has 112 valence electrons. The van der Waals surface area contributed by atoms with Gasteiger partial charge < -0.3 is 19.9 Å². The van der Waals surface area contributed by atoms with Gasteiger partial charge in [0.15, 0.2) is 5.69 Å². The smallest absolute Gasteiger partial charge is 0.360 e. The number of methoxy groups -OCH3 is 1. The lowest BCUT2D eigenvalue weighted by Crippen LogP contribution is -2.22. The zero-order chi connectivity index (χ0) is 14.5. The molecule has 1 aliphatic rings. The van der Waals surface area contributed by atoms with Crippen molar-refractivity contribution in [1.82, 2.24) is 14.5 Å². The Bertz CT molecular complexity index is 464. The quantitative estimate of drug-likeness (QED) is 0.795. The molecule has 1 aliphatic heterocycles. The Kier molecular flexibility index (Phi) is 5.00. The van der Waals surface area contributed by atoms with E-state index in [4.69, 9.17) is 10.5 Å². The molecular weight excluding hydrogens is 256 g/mol. The molecule has 0 saturated carbocycles. The molecule has 0 aromatic carbocycles. The Morgan fingerprint density at radius 1 is 1.35 bits per heavy atom. The summed E-state index contributed by atoms with van der Waals surface area (Å²) in [5, 5.41) is 0. The van der Waals surface area contributed by atoms with E-state index in [0.717, 1.165) is 31.8 Å². The molecule has 2 heterocycles. The second-order valence-corrected chi connectivity index (χ2v) is 5.16. The van der Waals surface area contributed by atoms with Crippen molar-refractivity contribution in [3.63, 3.8) is 0 Å². The number of esters is 1. The molecule has 1 aromatic rings. The zero-order valence-electron chi connectivity index (χ0n) is 12.4. The summed E-state index contributed by atoms with van der Waals surface area (Å²) < 4.78 is 6.66. The van der Waals surface area contributed by atoms with E-state index in [1.54, 1.807) is 0 Å². The molecule has 20 heavy (non-hydrogen) atoms. The Morgan fingerprint density at radius 2 is 2.05 bits per heavy atom. The monoisotopic (exact) mass is 280 g/mol. The third kappa shape index (κ3) is 3.12. The van der Waals surface area contributed by atoms with E-state index in [2.05, 4.69) is 9.88 Å². The number of nitrogens with two attached hydrogens (primary N) is 1. The van der Waals surface area contributed by atoms with E-state index in [9.17, 15) is 4.79 Å². The summed E-state index contributed by atoms with van der Waals surface area (Å²) in [7, 11) is 1.35. The number of hydrogen-bond acceptors (Lipinski definition) is 5. The summed E-state index contributed by atoms with van der Waals surface area (Å²) >= 11 is 0. The molecule has 1 saturated heterocycles. The molecule has 6 heteroatoms. The first-order valence-corrected chi connectivity index (χ1v) is 7.33. The van der Waals surface area contributed by atoms with Gasteiger partial charge in [0, 0.05) is 13.0 Å². The van der Waals surface area contributed by atoms with Crippen LogP contribution in [0.5, 0.6) is 0 Å². The number of rotatable bonds is 6. The Balaban J connectivity index is 2.01. The topological polar surface area (TPSA) is 73.4 Å². The molecule has 0 atom stereocenters. The molecule has 0 aliphatic carbocycles. The number of hydrogen-bond donors (Lipinski definition) is 1. The minimum absolute atomic E-state index is 0.241. The highest BCUT2D eigenvalue weighted by atomic mass is 16.5. The summed E-state index contributed by atoms with van der Waals surface area (Å²) in [6.45, 7) is 6.30. The lowest BCUT2D eigenvalue weighted by atomic mass is 10.3. The van der Waals surface area contributed by atoms with Crippen LogP contribution in [-0.4, -0.2) is 47.2 Å². The lowest BCUT2D eigenvalue weighted by molar-refractivity contribution is 0.0595. The number of carbonyl (C=O) groups is 1. The van der Waals surface area contributed by atoms with Crippen LogP contribution in [0.3, 0.4) is 0 Å². The third-order valence-corrected chi connectivity index (χ3v) is 3.84. The van der Waals surface area contributed by atoms with Gasteiger partial charge in [-0.1, -0.05) is 6.92 Å².